The van der Waals surface area contributed by atoms with Crippen LogP contribution in [0.2, 0.25) is 32.7 Å². The van der Waals surface area contributed by atoms with Crippen LogP contribution < -0.4 is 25.4 Å². The molecule has 0 saturated heterocycles. The van der Waals surface area contributed by atoms with Gasteiger partial charge in [0.2, 0.25) is 0 Å². The van der Waals surface area contributed by atoms with Crippen LogP contribution in [0.3, 0.4) is 0 Å². The van der Waals surface area contributed by atoms with Crippen molar-refractivity contribution in [2.45, 2.75) is 32.7 Å². The van der Waals surface area contributed by atoms with Crippen LogP contribution in [0.15, 0.2) is 231 Å². The lowest BCUT2D eigenvalue weighted by atomic mass is 9.89. The van der Waals surface area contributed by atoms with Crippen LogP contribution >= 0.6 is 0 Å². The quantitative estimate of drug-likeness (QED) is 0.105. The fourth-order valence-corrected chi connectivity index (χ4v) is 15.4. The number of benzene rings is 11. The van der Waals surface area contributed by atoms with Crippen LogP contribution in [0.4, 0.5) is 38.5 Å². The van der Waals surface area contributed by atoms with Crippen LogP contribution in [0, 0.1) is 5.82 Å². The SMILES string of the molecule is C[Si](C)(C)c1ccc(N(c2ccccc2)c2ccc3c(c2)[Si](C)(C)c2cccc4c2c-3cc2c3ccccc3c(N(c3ccccc3)c3c(F)cc(-c5ccccc5)cc3-c3ccccc3)cc42)cc1. The average molecular weight is 937 g/mol. The van der Waals surface area contributed by atoms with Crippen molar-refractivity contribution in [1.82, 2.24) is 0 Å². The molecule has 0 aromatic heterocycles. The largest absolute Gasteiger partial charge is 0.311 e. The highest BCUT2D eigenvalue weighted by Gasteiger charge is 2.37. The van der Waals surface area contributed by atoms with Gasteiger partial charge in [-0.15, -0.1) is 0 Å². The van der Waals surface area contributed by atoms with Crippen LogP contribution in [-0.2, 0) is 0 Å². The van der Waals surface area contributed by atoms with E-state index in [1.54, 1.807) is 6.07 Å². The Morgan fingerprint density at radius 2 is 0.914 bits per heavy atom. The second-order valence-corrected chi connectivity index (χ2v) is 29.7. The van der Waals surface area contributed by atoms with Gasteiger partial charge in [0.1, 0.15) is 13.9 Å². The lowest BCUT2D eigenvalue weighted by molar-refractivity contribution is 0.630. The molecule has 0 spiro atoms. The van der Waals surface area contributed by atoms with E-state index in [2.05, 4.69) is 200 Å². The third-order valence-corrected chi connectivity index (χ3v) is 20.2. The smallest absolute Gasteiger partial charge is 0.148 e. The Morgan fingerprint density at radius 1 is 0.371 bits per heavy atom. The number of para-hydroxylation sites is 2. The summed E-state index contributed by atoms with van der Waals surface area (Å²) >= 11 is 0. The Labute approximate surface area is 412 Å². The van der Waals surface area contributed by atoms with Gasteiger partial charge >= 0.3 is 0 Å². The maximum absolute atomic E-state index is 17.7. The van der Waals surface area contributed by atoms with E-state index >= 15 is 4.39 Å². The van der Waals surface area contributed by atoms with Crippen LogP contribution in [0.5, 0.6) is 0 Å². The predicted molar refractivity (Wildman–Crippen MR) is 304 cm³/mol. The molecular formula is C65H53FN2Si2. The Balaban J connectivity index is 1.09. The maximum Gasteiger partial charge on any atom is 0.148 e. The summed E-state index contributed by atoms with van der Waals surface area (Å²) in [6.45, 7) is 12.3. The summed E-state index contributed by atoms with van der Waals surface area (Å²) in [6, 6.07) is 82.3. The van der Waals surface area contributed by atoms with Crippen molar-refractivity contribution < 1.29 is 4.39 Å². The predicted octanol–water partition coefficient (Wildman–Crippen LogP) is 16.9. The van der Waals surface area contributed by atoms with Crippen molar-refractivity contribution in [3.8, 4) is 33.4 Å². The minimum atomic E-state index is -2.32. The van der Waals surface area contributed by atoms with Gasteiger partial charge in [0.15, 0.2) is 0 Å². The third kappa shape index (κ3) is 7.27. The zero-order valence-electron chi connectivity index (χ0n) is 40.2. The minimum absolute atomic E-state index is 0.289. The van der Waals surface area contributed by atoms with E-state index in [9.17, 15) is 0 Å². The van der Waals surface area contributed by atoms with Crippen LogP contribution in [0.1, 0.15) is 0 Å². The second-order valence-electron chi connectivity index (χ2n) is 20.3. The first-order chi connectivity index (χ1) is 34.0. The maximum atomic E-state index is 17.7. The molecule has 1 aliphatic heterocycles. The van der Waals surface area contributed by atoms with Crippen molar-refractivity contribution in [2.24, 2.45) is 0 Å². The highest BCUT2D eigenvalue weighted by atomic mass is 28.3. The average Bonchev–Trinajstić information content (AvgIpc) is 3.39. The van der Waals surface area contributed by atoms with E-state index in [0.29, 0.717) is 5.69 Å². The Morgan fingerprint density at radius 3 is 1.57 bits per heavy atom. The molecule has 70 heavy (non-hydrogen) atoms. The van der Waals surface area contributed by atoms with Gasteiger partial charge < -0.3 is 9.80 Å². The number of rotatable bonds is 9. The van der Waals surface area contributed by atoms with E-state index < -0.39 is 16.1 Å². The molecule has 5 heteroatoms. The van der Waals surface area contributed by atoms with Crippen molar-refractivity contribution in [3.05, 3.63) is 236 Å². The molecule has 12 rings (SSSR count). The van der Waals surface area contributed by atoms with Gasteiger partial charge in [-0.25, -0.2) is 4.39 Å². The molecule has 0 amide bonds. The molecule has 0 fully saturated rings. The summed E-state index contributed by atoms with van der Waals surface area (Å²) in [5.74, 6) is -0.289. The van der Waals surface area contributed by atoms with Gasteiger partial charge in [-0.2, -0.15) is 0 Å². The molecule has 0 bridgehead atoms. The van der Waals surface area contributed by atoms with Gasteiger partial charge in [0.05, 0.1) is 19.4 Å². The molecule has 1 heterocycles. The van der Waals surface area contributed by atoms with Gasteiger partial charge in [-0.05, 0) is 138 Å². The van der Waals surface area contributed by atoms with Gasteiger partial charge in [0, 0.05) is 33.7 Å². The summed E-state index contributed by atoms with van der Waals surface area (Å²) in [6.07, 6.45) is 0. The van der Waals surface area contributed by atoms with Crippen molar-refractivity contribution in [1.29, 1.82) is 0 Å². The summed E-state index contributed by atoms with van der Waals surface area (Å²) in [7, 11) is -3.81. The highest BCUT2D eigenvalue weighted by molar-refractivity contribution is 7.03. The van der Waals surface area contributed by atoms with Crippen molar-refractivity contribution in [2.75, 3.05) is 9.80 Å². The van der Waals surface area contributed by atoms with E-state index in [1.807, 2.05) is 66.7 Å². The molecule has 0 saturated carbocycles. The van der Waals surface area contributed by atoms with Crippen LogP contribution in [0.25, 0.3) is 65.7 Å². The lowest BCUT2D eigenvalue weighted by Crippen LogP contribution is -2.56. The summed E-state index contributed by atoms with van der Waals surface area (Å²) in [5, 5.41) is 11.4. The molecule has 0 aliphatic carbocycles. The molecule has 0 N–H and O–H groups in total. The lowest BCUT2D eigenvalue weighted by Gasteiger charge is -2.36. The minimum Gasteiger partial charge on any atom is -0.311 e. The van der Waals surface area contributed by atoms with E-state index in [4.69, 9.17) is 0 Å². The van der Waals surface area contributed by atoms with Crippen molar-refractivity contribution in [3.63, 3.8) is 0 Å². The number of anilines is 6. The second kappa shape index (κ2) is 17.0. The van der Waals surface area contributed by atoms with Gasteiger partial charge in [-0.1, -0.05) is 196 Å². The zero-order valence-corrected chi connectivity index (χ0v) is 42.2. The number of hydrogen-bond donors (Lipinski definition) is 0. The fraction of sp³-hybridized carbons (Fsp3) is 0.0769. The number of fused-ring (bicyclic) bond motifs is 6. The Hall–Kier alpha value is -7.84. The van der Waals surface area contributed by atoms with E-state index in [-0.39, 0.29) is 5.82 Å². The first kappa shape index (κ1) is 43.4. The topological polar surface area (TPSA) is 6.48 Å². The van der Waals surface area contributed by atoms with Gasteiger partial charge in [0.25, 0.3) is 0 Å². The fourth-order valence-electron chi connectivity index (χ4n) is 11.1. The molecule has 0 radical (unpaired) electrons. The molecule has 11 aromatic rings. The zero-order chi connectivity index (χ0) is 47.7. The van der Waals surface area contributed by atoms with Crippen molar-refractivity contribution >= 4 is 98.1 Å². The molecule has 338 valence electrons. The number of halogens is 1. The highest BCUT2D eigenvalue weighted by Crippen LogP contribution is 2.50. The Bertz CT molecular complexity index is 3780. The molecule has 0 atom stereocenters. The molecule has 1 aliphatic rings. The first-order valence-corrected chi connectivity index (χ1v) is 30.9. The van der Waals surface area contributed by atoms with E-state index in [1.165, 1.54) is 42.8 Å². The monoisotopic (exact) mass is 936 g/mol. The molecular weight excluding hydrogens is 884 g/mol. The molecule has 11 aromatic carbocycles. The molecule has 0 unspecified atom stereocenters. The number of hydrogen-bond acceptors (Lipinski definition) is 2. The van der Waals surface area contributed by atoms with E-state index in [0.717, 1.165) is 66.8 Å². The summed E-state index contributed by atoms with van der Waals surface area (Å²) in [5.41, 5.74) is 11.9. The first-order valence-electron chi connectivity index (χ1n) is 24.4. The Kier molecular flexibility index (Phi) is 10.5. The van der Waals surface area contributed by atoms with Crippen LogP contribution in [-0.4, -0.2) is 16.1 Å². The third-order valence-electron chi connectivity index (χ3n) is 14.6. The summed E-state index contributed by atoms with van der Waals surface area (Å²) in [4.78, 5) is 4.58. The normalized spacial score (nSPS) is 12.8. The standard InChI is InChI=1S/C65H53FN2Si2/c1-69(2,3)51-36-33-49(34-37-51)67(47-25-14-8-15-26-47)50-35-38-54-59-42-57-52-29-18-19-30-53(52)61(43-58(57)55-31-20-32-62(64(55)59)70(4,5)63(54)41-50)68(48-27-16-9-17-28-48)65-56(45-23-12-7-13-24-45)39-46(40-60(65)66)44-21-10-6-11-22-44/h6-43H,1-5H3. The number of nitrogens with zero attached hydrogens (tertiary/aromatic N) is 2. The molecule has 2 nitrogen and oxygen atoms in total. The van der Waals surface area contributed by atoms with Gasteiger partial charge in [-0.3, -0.25) is 0 Å². The summed E-state index contributed by atoms with van der Waals surface area (Å²) < 4.78 is 17.7.